The summed E-state index contributed by atoms with van der Waals surface area (Å²) in [6.45, 7) is 96.9. The molecule has 0 N–H and O–H groups in total. The summed E-state index contributed by atoms with van der Waals surface area (Å²) < 4.78 is 5.53. The van der Waals surface area contributed by atoms with Gasteiger partial charge in [-0.05, 0) is 299 Å². The van der Waals surface area contributed by atoms with E-state index in [0.29, 0.717) is 6.54 Å². The predicted octanol–water partition coefficient (Wildman–Crippen LogP) is 37.3. The van der Waals surface area contributed by atoms with Crippen molar-refractivity contribution in [1.82, 2.24) is 45.0 Å². The summed E-state index contributed by atoms with van der Waals surface area (Å²) in [5.41, 5.74) is 4.87. The number of nitrogens with zero attached hydrogens (tertiary/aromatic N) is 9. The molecule has 0 bridgehead atoms. The third-order valence-electron chi connectivity index (χ3n) is 17.6. The molecule has 3 rings (SSSR count). The van der Waals surface area contributed by atoms with Gasteiger partial charge in [-0.25, -0.2) is 4.68 Å². The normalized spacial score (nSPS) is 10.7. The van der Waals surface area contributed by atoms with Gasteiger partial charge < -0.3 is 0 Å². The summed E-state index contributed by atoms with van der Waals surface area (Å²) in [5, 5.41) is 24.1. The van der Waals surface area contributed by atoms with Crippen LogP contribution in [0, 0.1) is 190 Å². The molecule has 0 aliphatic rings. The molecule has 0 saturated heterocycles. The van der Waals surface area contributed by atoms with Gasteiger partial charge in [-0.2, -0.15) is 0 Å². The Labute approximate surface area is 859 Å². The summed E-state index contributed by atoms with van der Waals surface area (Å²) >= 11 is 0. The predicted molar refractivity (Wildman–Crippen MR) is 613 cm³/mol. The van der Waals surface area contributed by atoms with Gasteiger partial charge in [0.1, 0.15) is 6.54 Å². The number of aromatic nitrogens is 9. The SMILES string of the molecule is CCC#CC(C)(C)C.CCCC#CC(C)(C)C.CCCCC#CC(C)(C)C.CCCCCC#CC(C)(C)C.CCCCCCC#CC(C)(C)C.CCCCCCCC#CC(C)(C)C.CCCCCCCCC#CC(C)(C)C.CCCCCCCCCC#CC(C)(C)C.CCc1cn(CC#CC(C)(C)C)nn1.CCc1cn(CCC#CC(C)(C)C)nn1.CCc1cn(CCCC#CC(C)(C)C)nn1. The second-order valence-electron chi connectivity index (χ2n) is 47.4. The first kappa shape index (κ1) is 145. The summed E-state index contributed by atoms with van der Waals surface area (Å²) in [5.74, 6) is 70.4. The van der Waals surface area contributed by atoms with Crippen molar-refractivity contribution in [3.05, 3.63) is 35.7 Å². The molecule has 782 valence electrons. The van der Waals surface area contributed by atoms with Crippen molar-refractivity contribution in [3.8, 4) is 130 Å². The van der Waals surface area contributed by atoms with Crippen molar-refractivity contribution in [2.75, 3.05) is 0 Å². The zero-order valence-electron chi connectivity index (χ0n) is 99.6. The maximum absolute atomic E-state index is 4.05. The lowest BCUT2D eigenvalue weighted by atomic mass is 9.97. The first-order valence-electron chi connectivity index (χ1n) is 54.7. The fraction of sp³-hybridized carbons (Fsp3) is 0.781. The smallest absolute Gasteiger partial charge is 0.103 e. The fourth-order valence-corrected chi connectivity index (χ4v) is 10.5. The van der Waals surface area contributed by atoms with Crippen LogP contribution in [0.25, 0.3) is 0 Å². The van der Waals surface area contributed by atoms with E-state index in [2.05, 4.69) is 466 Å². The molecule has 0 spiro atoms. The third-order valence-corrected chi connectivity index (χ3v) is 17.6. The Morgan fingerprint density at radius 3 is 0.613 bits per heavy atom. The number of hydrogen-bond acceptors (Lipinski definition) is 6. The first-order chi connectivity index (χ1) is 63.5. The Kier molecular flexibility index (Phi) is 95.1. The lowest BCUT2D eigenvalue weighted by Gasteiger charge is -2.06. The van der Waals surface area contributed by atoms with Gasteiger partial charge in [0.25, 0.3) is 0 Å². The average Bonchev–Trinajstić information content (AvgIpc) is 1.80. The molecule has 9 heteroatoms. The van der Waals surface area contributed by atoms with Gasteiger partial charge in [-0.3, -0.25) is 9.36 Å². The molecule has 0 radical (unpaired) electrons. The van der Waals surface area contributed by atoms with Crippen molar-refractivity contribution >= 4 is 0 Å². The first-order valence-corrected chi connectivity index (χ1v) is 54.7. The Bertz CT molecular complexity index is 4060. The van der Waals surface area contributed by atoms with Crippen LogP contribution in [0.2, 0.25) is 0 Å². The standard InChI is InChI=1S/C15H28.C14H26.C13H21N3.C13H24.C12H19N3.C12H22.C11H17N3.C11H20.C10H18.C9H16.C8H14/c1-5-6-7-8-9-10-11-12-13-14-15(2,3)4;1-5-6-7-8-9-10-11-12-13-14(2,3)4;1-5-12-11-16(15-14-12)10-8-6-7-9-13(2,3)4;1-5-6-7-8-9-10-11-12-13(2,3)4;1-5-11-10-15(14-13-11)9-7-6-8-12(2,3)4;1-5-6-7-8-9-10-11-12(2,3)4;1-5-10-9-14(13-12-10)8-6-7-11(2,3)4;1-5-6-7-8-9-10-11(2,3)4;1-5-6-7-8-9-10(2,3)4;1-5-6-7-8-9(2,3)4;1-5-6-7-8(2,3)4/h5-12H2,1-4H3;5-11H2,1-4H3;11H,5-6,8,10H2,1-4H3;5-10H2,1-4H3;10H,5,7,9H2,1-4H3;5-9H2,1-4H3;9H,5,8H2,1-4H3;5-8H2,1-4H3;5-7H2,1-4H3;5-6H2,1-4H3;5H2,1-4H3. The van der Waals surface area contributed by atoms with Crippen molar-refractivity contribution < 1.29 is 0 Å². The molecular formula is C128H225N9. The summed E-state index contributed by atoms with van der Waals surface area (Å²) in [4.78, 5) is 0. The van der Waals surface area contributed by atoms with Crippen LogP contribution in [0.4, 0.5) is 0 Å². The highest BCUT2D eigenvalue weighted by atomic mass is 15.4. The molecule has 0 aromatic carbocycles. The van der Waals surface area contributed by atoms with Crippen LogP contribution in [-0.2, 0) is 38.9 Å². The lowest BCUT2D eigenvalue weighted by molar-refractivity contribution is 0.559. The molecule has 137 heavy (non-hydrogen) atoms. The number of rotatable bonds is 37. The number of hydrogen-bond donors (Lipinski definition) is 0. The van der Waals surface area contributed by atoms with E-state index in [4.69, 9.17) is 0 Å². The zero-order valence-corrected chi connectivity index (χ0v) is 99.6. The number of unbranched alkanes of at least 4 members (excludes halogenated alkanes) is 29. The molecule has 9 nitrogen and oxygen atoms in total. The minimum Gasteiger partial charge on any atom is -0.252 e. The van der Waals surface area contributed by atoms with E-state index in [1.165, 1.54) is 180 Å². The maximum atomic E-state index is 4.05. The van der Waals surface area contributed by atoms with Crippen LogP contribution in [0.1, 0.15) is 572 Å². The van der Waals surface area contributed by atoms with Gasteiger partial charge in [-0.1, -0.05) is 298 Å². The van der Waals surface area contributed by atoms with Gasteiger partial charge in [0, 0.05) is 149 Å². The van der Waals surface area contributed by atoms with E-state index in [0.717, 1.165) is 120 Å². The second kappa shape index (κ2) is 89.9. The molecule has 3 aromatic rings. The number of aryl methyl sites for hydroxylation is 5. The van der Waals surface area contributed by atoms with E-state index in [-0.39, 0.29) is 59.6 Å². The zero-order chi connectivity index (χ0) is 107. The van der Waals surface area contributed by atoms with Crippen molar-refractivity contribution in [1.29, 1.82) is 0 Å². The molecule has 0 amide bonds. The molecule has 0 aliphatic carbocycles. The van der Waals surface area contributed by atoms with E-state index in [9.17, 15) is 0 Å². The van der Waals surface area contributed by atoms with Crippen molar-refractivity contribution in [3.63, 3.8) is 0 Å². The van der Waals surface area contributed by atoms with Crippen molar-refractivity contribution in [2.24, 2.45) is 59.6 Å². The highest BCUT2D eigenvalue weighted by Crippen LogP contribution is 2.20. The van der Waals surface area contributed by atoms with E-state index in [1.807, 2.05) is 28.0 Å². The van der Waals surface area contributed by atoms with Crippen molar-refractivity contribution in [2.45, 2.75) is 594 Å². The Morgan fingerprint density at radius 1 is 0.182 bits per heavy atom. The van der Waals surface area contributed by atoms with Gasteiger partial charge in [0.05, 0.1) is 23.6 Å². The molecule has 0 fully saturated rings. The monoisotopic (exact) mass is 1890 g/mol. The Hall–Kier alpha value is -7.42. The quantitative estimate of drug-likeness (QED) is 0.0422. The summed E-state index contributed by atoms with van der Waals surface area (Å²) in [7, 11) is 0. The van der Waals surface area contributed by atoms with Gasteiger partial charge in [-0.15, -0.1) is 74.5 Å². The van der Waals surface area contributed by atoms with Crippen LogP contribution in [0.15, 0.2) is 18.6 Å². The fourth-order valence-electron chi connectivity index (χ4n) is 10.5. The van der Waals surface area contributed by atoms with Gasteiger partial charge in [0.2, 0.25) is 0 Å². The Balaban J connectivity index is -0.000000224. The van der Waals surface area contributed by atoms with E-state index < -0.39 is 0 Å². The maximum Gasteiger partial charge on any atom is 0.103 e. The molecular weight excluding hydrogens is 1660 g/mol. The van der Waals surface area contributed by atoms with Crippen LogP contribution < -0.4 is 0 Å². The molecule has 0 atom stereocenters. The topological polar surface area (TPSA) is 92.1 Å². The highest BCUT2D eigenvalue weighted by Gasteiger charge is 2.11. The van der Waals surface area contributed by atoms with Crippen LogP contribution in [0.5, 0.6) is 0 Å². The minimum atomic E-state index is 0.0637. The molecule has 0 unspecified atom stereocenters. The largest absolute Gasteiger partial charge is 0.252 e. The van der Waals surface area contributed by atoms with E-state index >= 15 is 0 Å². The molecule has 3 heterocycles. The third kappa shape index (κ3) is 149. The molecule has 3 aromatic heterocycles. The lowest BCUT2D eigenvalue weighted by Crippen LogP contribution is -2.01. The summed E-state index contributed by atoms with van der Waals surface area (Å²) in [6.07, 6.45) is 57.4. The van der Waals surface area contributed by atoms with Crippen LogP contribution in [-0.4, -0.2) is 45.0 Å². The average molecular weight is 1890 g/mol. The molecule has 0 saturated carbocycles. The molecule has 0 aliphatic heterocycles. The van der Waals surface area contributed by atoms with E-state index in [1.54, 1.807) is 4.68 Å². The van der Waals surface area contributed by atoms with Crippen LogP contribution >= 0.6 is 0 Å². The minimum absolute atomic E-state index is 0.0637. The Morgan fingerprint density at radius 2 is 0.372 bits per heavy atom. The van der Waals surface area contributed by atoms with Gasteiger partial charge in [0.15, 0.2) is 0 Å². The van der Waals surface area contributed by atoms with Crippen LogP contribution in [0.3, 0.4) is 0 Å². The highest BCUT2D eigenvalue weighted by molar-refractivity contribution is 5.14. The summed E-state index contributed by atoms with van der Waals surface area (Å²) in [6, 6.07) is 0. The van der Waals surface area contributed by atoms with Gasteiger partial charge >= 0.3 is 0 Å². The second-order valence-corrected chi connectivity index (χ2v) is 47.4.